The van der Waals surface area contributed by atoms with Gasteiger partial charge in [-0.1, -0.05) is 49.0 Å². The van der Waals surface area contributed by atoms with Gasteiger partial charge in [-0.05, 0) is 54.8 Å². The lowest BCUT2D eigenvalue weighted by atomic mass is 10.1. The highest BCUT2D eigenvalue weighted by Gasteiger charge is 2.30. The average molecular weight is 585 g/mol. The number of thioether (sulfide) groups is 1. The van der Waals surface area contributed by atoms with Crippen LogP contribution in [0.15, 0.2) is 83.0 Å². The molecule has 0 aliphatic rings. The van der Waals surface area contributed by atoms with E-state index in [1.165, 1.54) is 36.0 Å². The second-order valence-electron chi connectivity index (χ2n) is 9.50. The molecule has 0 aliphatic carbocycles. The van der Waals surface area contributed by atoms with Crippen molar-refractivity contribution in [2.24, 2.45) is 0 Å². The van der Waals surface area contributed by atoms with Crippen molar-refractivity contribution >= 4 is 17.7 Å². The average Bonchev–Trinajstić information content (AvgIpc) is 2.95. The van der Waals surface area contributed by atoms with E-state index in [1.807, 2.05) is 6.92 Å². The molecule has 0 saturated heterocycles. The number of hydrogen-bond donors (Lipinski definition) is 0. The summed E-state index contributed by atoms with van der Waals surface area (Å²) in [5.74, 6) is -0.0677. The van der Waals surface area contributed by atoms with E-state index in [-0.39, 0.29) is 30.4 Å². The Bertz CT molecular complexity index is 1540. The van der Waals surface area contributed by atoms with Crippen molar-refractivity contribution in [2.45, 2.75) is 50.4 Å². The van der Waals surface area contributed by atoms with Crippen LogP contribution in [0.2, 0.25) is 0 Å². The van der Waals surface area contributed by atoms with E-state index >= 15 is 0 Å². The third-order valence-electron chi connectivity index (χ3n) is 6.27. The van der Waals surface area contributed by atoms with Crippen LogP contribution in [0.25, 0.3) is 11.3 Å². The Morgan fingerprint density at radius 2 is 1.68 bits per heavy atom. The maximum Gasteiger partial charge on any atom is 0.416 e. The summed E-state index contributed by atoms with van der Waals surface area (Å²) in [4.78, 5) is 35.9. The number of hydrogen-bond acceptors (Lipinski definition) is 5. The van der Waals surface area contributed by atoms with E-state index in [9.17, 15) is 27.2 Å². The molecule has 0 N–H and O–H groups in total. The van der Waals surface area contributed by atoms with Crippen LogP contribution in [0.3, 0.4) is 0 Å². The van der Waals surface area contributed by atoms with Gasteiger partial charge in [0.2, 0.25) is 5.91 Å². The number of carbonyl (C=O) groups excluding carboxylic acids is 1. The molecule has 4 aromatic rings. The predicted molar refractivity (Wildman–Crippen MR) is 150 cm³/mol. The Labute approximate surface area is 239 Å². The number of aromatic nitrogens is 3. The van der Waals surface area contributed by atoms with Crippen LogP contribution in [0.5, 0.6) is 0 Å². The fourth-order valence-electron chi connectivity index (χ4n) is 4.09. The monoisotopic (exact) mass is 584 g/mol. The van der Waals surface area contributed by atoms with Crippen molar-refractivity contribution < 1.29 is 22.4 Å². The molecule has 2 heterocycles. The van der Waals surface area contributed by atoms with Gasteiger partial charge < -0.3 is 9.47 Å². The van der Waals surface area contributed by atoms with Crippen molar-refractivity contribution in [2.75, 3.05) is 6.54 Å². The standard InChI is InChI=1S/C30H28F4N4O2S/c1-3-14-37(17-22-6-13-26(35-15-22)23-7-9-24(10-8-23)30(32,33)34)27(39)18-38-16-20(2)28(40)36-29(38)41-19-21-4-11-25(31)12-5-21/h4-13,15-16H,3,14,17-19H2,1-2H3. The largest absolute Gasteiger partial charge is 0.416 e. The Morgan fingerprint density at radius 3 is 2.29 bits per heavy atom. The molecule has 0 saturated carbocycles. The Morgan fingerprint density at radius 1 is 1.00 bits per heavy atom. The van der Waals surface area contributed by atoms with Crippen molar-refractivity contribution in [3.63, 3.8) is 0 Å². The van der Waals surface area contributed by atoms with Gasteiger partial charge in [-0.3, -0.25) is 14.6 Å². The summed E-state index contributed by atoms with van der Waals surface area (Å²) in [6.45, 7) is 4.35. The number of amides is 1. The smallest absolute Gasteiger partial charge is 0.337 e. The second kappa shape index (κ2) is 13.1. The molecule has 11 heteroatoms. The molecule has 0 aliphatic heterocycles. The highest BCUT2D eigenvalue weighted by atomic mass is 32.2. The molecule has 0 atom stereocenters. The summed E-state index contributed by atoms with van der Waals surface area (Å²) >= 11 is 1.29. The van der Waals surface area contributed by atoms with Gasteiger partial charge >= 0.3 is 6.18 Å². The minimum atomic E-state index is -4.41. The normalized spacial score (nSPS) is 11.5. The molecule has 0 spiro atoms. The summed E-state index contributed by atoms with van der Waals surface area (Å²) in [7, 11) is 0. The molecule has 41 heavy (non-hydrogen) atoms. The van der Waals surface area contributed by atoms with Crippen LogP contribution in [0, 0.1) is 12.7 Å². The van der Waals surface area contributed by atoms with Gasteiger partial charge in [-0.2, -0.15) is 18.2 Å². The number of pyridine rings is 1. The summed E-state index contributed by atoms with van der Waals surface area (Å²) in [5.41, 5.74) is 2.00. The number of benzene rings is 2. The first kappa shape index (κ1) is 30.0. The zero-order valence-electron chi connectivity index (χ0n) is 22.5. The van der Waals surface area contributed by atoms with Crippen LogP contribution in [-0.4, -0.2) is 31.9 Å². The van der Waals surface area contributed by atoms with E-state index in [1.54, 1.807) is 53.0 Å². The van der Waals surface area contributed by atoms with Crippen molar-refractivity contribution in [3.8, 4) is 11.3 Å². The first-order chi connectivity index (χ1) is 19.5. The minimum absolute atomic E-state index is 0.0308. The summed E-state index contributed by atoms with van der Waals surface area (Å²) in [6.07, 6.45) is -0.462. The lowest BCUT2D eigenvalue weighted by Crippen LogP contribution is -2.35. The quantitative estimate of drug-likeness (QED) is 0.121. The number of nitrogens with zero attached hydrogens (tertiary/aromatic N) is 4. The first-order valence-electron chi connectivity index (χ1n) is 12.9. The second-order valence-corrected chi connectivity index (χ2v) is 10.4. The van der Waals surface area contributed by atoms with E-state index in [2.05, 4.69) is 9.97 Å². The molecular weight excluding hydrogens is 556 g/mol. The number of halogens is 4. The molecule has 4 rings (SSSR count). The van der Waals surface area contributed by atoms with Crippen molar-refractivity contribution in [1.29, 1.82) is 0 Å². The predicted octanol–water partition coefficient (Wildman–Crippen LogP) is 6.50. The fraction of sp³-hybridized carbons (Fsp3) is 0.267. The van der Waals surface area contributed by atoms with Gasteiger partial charge in [-0.25, -0.2) is 4.39 Å². The zero-order valence-corrected chi connectivity index (χ0v) is 23.3. The lowest BCUT2D eigenvalue weighted by molar-refractivity contribution is -0.137. The maximum absolute atomic E-state index is 13.4. The number of carbonyl (C=O) groups is 1. The molecule has 1 amide bonds. The van der Waals surface area contributed by atoms with Crippen LogP contribution < -0.4 is 5.56 Å². The Balaban J connectivity index is 1.47. The van der Waals surface area contributed by atoms with Crippen molar-refractivity contribution in [1.82, 2.24) is 19.4 Å². The van der Waals surface area contributed by atoms with Crippen LogP contribution in [0.4, 0.5) is 17.6 Å². The van der Waals surface area contributed by atoms with Crippen molar-refractivity contribution in [3.05, 3.63) is 111 Å². The third-order valence-corrected chi connectivity index (χ3v) is 7.33. The molecule has 6 nitrogen and oxygen atoms in total. The first-order valence-corrected chi connectivity index (χ1v) is 13.9. The molecule has 0 unspecified atom stereocenters. The maximum atomic E-state index is 13.4. The fourth-order valence-corrected chi connectivity index (χ4v) is 5.01. The van der Waals surface area contributed by atoms with E-state index in [4.69, 9.17) is 0 Å². The molecule has 0 radical (unpaired) electrons. The van der Waals surface area contributed by atoms with Gasteiger partial charge in [-0.15, -0.1) is 0 Å². The van der Waals surface area contributed by atoms with Gasteiger partial charge in [0.25, 0.3) is 5.56 Å². The number of alkyl halides is 3. The Kier molecular flexibility index (Phi) is 9.59. The van der Waals surface area contributed by atoms with E-state index < -0.39 is 11.7 Å². The van der Waals surface area contributed by atoms with Crippen LogP contribution >= 0.6 is 11.8 Å². The van der Waals surface area contributed by atoms with Gasteiger partial charge in [0, 0.05) is 42.4 Å². The summed E-state index contributed by atoms with van der Waals surface area (Å²) in [5, 5.41) is 0.386. The topological polar surface area (TPSA) is 68.1 Å². The molecule has 0 fully saturated rings. The molecule has 214 valence electrons. The molecule has 0 bridgehead atoms. The highest BCUT2D eigenvalue weighted by molar-refractivity contribution is 7.98. The van der Waals surface area contributed by atoms with Gasteiger partial charge in [0.05, 0.1) is 11.3 Å². The number of aryl methyl sites for hydroxylation is 1. The third kappa shape index (κ3) is 8.03. The zero-order chi connectivity index (χ0) is 29.6. The molecular formula is C30H28F4N4O2S. The number of rotatable bonds is 10. The minimum Gasteiger partial charge on any atom is -0.337 e. The van der Waals surface area contributed by atoms with E-state index in [0.717, 1.165) is 29.7 Å². The summed E-state index contributed by atoms with van der Waals surface area (Å²) < 4.78 is 53.5. The Hall–Kier alpha value is -3.99. The molecule has 2 aromatic carbocycles. The van der Waals surface area contributed by atoms with Gasteiger partial charge in [0.1, 0.15) is 12.4 Å². The van der Waals surface area contributed by atoms with Crippen LogP contribution in [-0.2, 0) is 29.8 Å². The SMILES string of the molecule is CCCN(Cc1ccc(-c2ccc(C(F)(F)F)cc2)nc1)C(=O)Cn1cc(C)c(=O)nc1SCc1ccc(F)cc1. The van der Waals surface area contributed by atoms with Gasteiger partial charge in [0.15, 0.2) is 5.16 Å². The summed E-state index contributed by atoms with van der Waals surface area (Å²) in [6, 6.07) is 14.3. The lowest BCUT2D eigenvalue weighted by Gasteiger charge is -2.23. The van der Waals surface area contributed by atoms with Crippen LogP contribution in [0.1, 0.15) is 35.6 Å². The molecule has 2 aromatic heterocycles. The highest BCUT2D eigenvalue weighted by Crippen LogP contribution is 2.30. The van der Waals surface area contributed by atoms with E-state index in [0.29, 0.717) is 34.3 Å².